The molecule has 9 nitrogen and oxygen atoms in total. The van der Waals surface area contributed by atoms with Crippen molar-refractivity contribution in [2.24, 2.45) is 11.7 Å². The number of ether oxygens (including phenoxy) is 1. The summed E-state index contributed by atoms with van der Waals surface area (Å²) in [7, 11) is -2.22. The smallest absolute Gasteiger partial charge is 0.251 e. The molecule has 0 spiro atoms. The first kappa shape index (κ1) is 24.6. The highest BCUT2D eigenvalue weighted by Crippen LogP contribution is 2.37. The van der Waals surface area contributed by atoms with Crippen molar-refractivity contribution in [3.63, 3.8) is 0 Å². The lowest BCUT2D eigenvalue weighted by atomic mass is 9.98. The molecule has 3 N–H and O–H groups in total. The molecule has 1 aromatic heterocycles. The lowest BCUT2D eigenvalue weighted by molar-refractivity contribution is -0.120. The standard InChI is InChI=1S/C23H30N4O5S2/c1-3-26-12-10-18-19(14-26)33-23(20(18)21(24)28)25-22(29)15-5-4-11-27(13-15)34(30,31)17-8-6-16(32-2)7-9-17/h6-9,15H,3-5,10-14H2,1-2H3,(H2,24,28)(H,25,29). The predicted molar refractivity (Wildman–Crippen MR) is 131 cm³/mol. The molecule has 0 radical (unpaired) electrons. The first-order valence-corrected chi connectivity index (χ1v) is 13.6. The van der Waals surface area contributed by atoms with Crippen molar-refractivity contribution in [2.75, 3.05) is 38.6 Å². The quantitative estimate of drug-likeness (QED) is 0.594. The molecule has 1 atom stereocenters. The second-order valence-electron chi connectivity index (χ2n) is 8.56. The Kier molecular flexibility index (Phi) is 7.27. The average molecular weight is 507 g/mol. The van der Waals surface area contributed by atoms with Gasteiger partial charge in [0, 0.05) is 31.1 Å². The Morgan fingerprint density at radius 2 is 1.97 bits per heavy atom. The molecule has 2 aliphatic rings. The second-order valence-corrected chi connectivity index (χ2v) is 11.6. The number of carbonyl (C=O) groups is 2. The maximum Gasteiger partial charge on any atom is 0.251 e. The first-order valence-electron chi connectivity index (χ1n) is 11.4. The maximum atomic E-state index is 13.2. The van der Waals surface area contributed by atoms with E-state index in [1.165, 1.54) is 34.9 Å². The van der Waals surface area contributed by atoms with Gasteiger partial charge >= 0.3 is 0 Å². The van der Waals surface area contributed by atoms with Gasteiger partial charge in [-0.2, -0.15) is 4.31 Å². The number of carbonyl (C=O) groups excluding carboxylic acids is 2. The number of nitrogens with two attached hydrogens (primary N) is 1. The minimum atomic E-state index is -3.74. The number of sulfonamides is 1. The molecule has 4 rings (SSSR count). The van der Waals surface area contributed by atoms with Crippen LogP contribution in [0.25, 0.3) is 0 Å². The van der Waals surface area contributed by atoms with Crippen molar-refractivity contribution in [1.82, 2.24) is 9.21 Å². The van der Waals surface area contributed by atoms with Gasteiger partial charge in [-0.15, -0.1) is 11.3 Å². The van der Waals surface area contributed by atoms with Gasteiger partial charge in [0.05, 0.1) is 23.5 Å². The van der Waals surface area contributed by atoms with Crippen molar-refractivity contribution in [1.29, 1.82) is 0 Å². The van der Waals surface area contributed by atoms with Crippen LogP contribution < -0.4 is 15.8 Å². The Hall–Kier alpha value is -2.47. The molecule has 3 heterocycles. The number of piperidine rings is 1. The highest BCUT2D eigenvalue weighted by atomic mass is 32.2. The molecule has 2 aromatic rings. The lowest BCUT2D eigenvalue weighted by Gasteiger charge is -2.31. The fraction of sp³-hybridized carbons (Fsp3) is 0.478. The minimum absolute atomic E-state index is 0.0841. The van der Waals surface area contributed by atoms with Crippen LogP contribution in [0.3, 0.4) is 0 Å². The number of anilines is 1. The number of methoxy groups -OCH3 is 1. The molecular formula is C23H30N4O5S2. The van der Waals surface area contributed by atoms with Gasteiger partial charge in [0.15, 0.2) is 0 Å². The summed E-state index contributed by atoms with van der Waals surface area (Å²) in [6, 6.07) is 6.22. The normalized spacial score (nSPS) is 19.4. The third-order valence-electron chi connectivity index (χ3n) is 6.52. The Bertz CT molecular complexity index is 1180. The van der Waals surface area contributed by atoms with Gasteiger partial charge in [0.25, 0.3) is 5.91 Å². The van der Waals surface area contributed by atoms with E-state index in [4.69, 9.17) is 10.5 Å². The molecule has 1 fully saturated rings. The van der Waals surface area contributed by atoms with Crippen LogP contribution in [0.4, 0.5) is 5.00 Å². The number of hydrogen-bond acceptors (Lipinski definition) is 7. The number of benzene rings is 1. The summed E-state index contributed by atoms with van der Waals surface area (Å²) in [6.07, 6.45) is 1.86. The fourth-order valence-electron chi connectivity index (χ4n) is 4.56. The van der Waals surface area contributed by atoms with Gasteiger partial charge in [-0.05, 0) is 55.6 Å². The molecule has 1 unspecified atom stereocenters. The summed E-state index contributed by atoms with van der Waals surface area (Å²) in [6.45, 7) is 5.00. The summed E-state index contributed by atoms with van der Waals surface area (Å²) >= 11 is 1.39. The summed E-state index contributed by atoms with van der Waals surface area (Å²) < 4.78 is 32.7. The van der Waals surface area contributed by atoms with E-state index >= 15 is 0 Å². The maximum absolute atomic E-state index is 13.2. The third-order valence-corrected chi connectivity index (χ3v) is 9.53. The molecule has 34 heavy (non-hydrogen) atoms. The molecule has 1 aromatic carbocycles. The van der Waals surface area contributed by atoms with Gasteiger partial charge in [0.1, 0.15) is 10.8 Å². The number of primary amides is 1. The van der Waals surface area contributed by atoms with Crippen LogP contribution in [0, 0.1) is 5.92 Å². The van der Waals surface area contributed by atoms with E-state index in [1.807, 2.05) is 0 Å². The third kappa shape index (κ3) is 4.83. The van der Waals surface area contributed by atoms with Crippen LogP contribution in [0.1, 0.15) is 40.6 Å². The number of likely N-dealkylation sites (N-methyl/N-ethyl adjacent to an activating group) is 1. The van der Waals surface area contributed by atoms with Gasteiger partial charge in [-0.25, -0.2) is 8.42 Å². The summed E-state index contributed by atoms with van der Waals surface area (Å²) in [5.41, 5.74) is 6.99. The molecular weight excluding hydrogens is 476 g/mol. The van der Waals surface area contributed by atoms with Crippen molar-refractivity contribution < 1.29 is 22.7 Å². The molecule has 0 bridgehead atoms. The van der Waals surface area contributed by atoms with Crippen molar-refractivity contribution in [3.8, 4) is 5.75 Å². The van der Waals surface area contributed by atoms with Gasteiger partial charge in [0.2, 0.25) is 15.9 Å². The van der Waals surface area contributed by atoms with E-state index in [0.717, 1.165) is 30.1 Å². The molecule has 0 saturated carbocycles. The molecule has 184 valence electrons. The molecule has 1 saturated heterocycles. The highest BCUT2D eigenvalue weighted by molar-refractivity contribution is 7.89. The van der Waals surface area contributed by atoms with Gasteiger partial charge in [-0.3, -0.25) is 14.5 Å². The van der Waals surface area contributed by atoms with Gasteiger partial charge < -0.3 is 15.8 Å². The largest absolute Gasteiger partial charge is 0.497 e. The number of nitrogens with zero attached hydrogens (tertiary/aromatic N) is 2. The number of hydrogen-bond donors (Lipinski definition) is 2. The van der Waals surface area contributed by atoms with E-state index in [9.17, 15) is 18.0 Å². The number of rotatable bonds is 7. The second kappa shape index (κ2) is 10.0. The van der Waals surface area contributed by atoms with Gasteiger partial charge in [-0.1, -0.05) is 6.92 Å². The molecule has 11 heteroatoms. The van der Waals surface area contributed by atoms with Crippen LogP contribution in [0.2, 0.25) is 0 Å². The number of thiophene rings is 1. The van der Waals surface area contributed by atoms with E-state index in [0.29, 0.717) is 42.1 Å². The minimum Gasteiger partial charge on any atom is -0.497 e. The fourth-order valence-corrected chi connectivity index (χ4v) is 7.38. The number of nitrogens with one attached hydrogen (secondary N) is 1. The van der Waals surface area contributed by atoms with Crippen LogP contribution >= 0.6 is 11.3 Å². The van der Waals surface area contributed by atoms with E-state index in [1.54, 1.807) is 12.1 Å². The SMILES string of the molecule is CCN1CCc2c(sc(NC(=O)C3CCCN(S(=O)(=O)c4ccc(OC)cc4)C3)c2C(N)=O)C1. The van der Waals surface area contributed by atoms with Crippen LogP contribution in [-0.2, 0) is 27.8 Å². The van der Waals surface area contributed by atoms with Crippen LogP contribution in [-0.4, -0.2) is 62.7 Å². The predicted octanol–water partition coefficient (Wildman–Crippen LogP) is 2.27. The Labute approximate surface area is 203 Å². The Morgan fingerprint density at radius 3 is 2.62 bits per heavy atom. The van der Waals surface area contributed by atoms with Crippen molar-refractivity contribution in [3.05, 3.63) is 40.3 Å². The zero-order valence-electron chi connectivity index (χ0n) is 19.4. The van der Waals surface area contributed by atoms with E-state index < -0.39 is 21.8 Å². The van der Waals surface area contributed by atoms with Crippen LogP contribution in [0.5, 0.6) is 5.75 Å². The lowest BCUT2D eigenvalue weighted by Crippen LogP contribution is -2.43. The van der Waals surface area contributed by atoms with E-state index in [-0.39, 0.29) is 17.3 Å². The Balaban J connectivity index is 1.51. The molecule has 2 aliphatic heterocycles. The summed E-state index contributed by atoms with van der Waals surface area (Å²) in [4.78, 5) is 28.9. The Morgan fingerprint density at radius 1 is 1.24 bits per heavy atom. The molecule has 2 amide bonds. The summed E-state index contributed by atoms with van der Waals surface area (Å²) in [5.74, 6) is -0.789. The average Bonchev–Trinajstić information content (AvgIpc) is 3.21. The zero-order chi connectivity index (χ0) is 24.5. The van der Waals surface area contributed by atoms with Crippen molar-refractivity contribution in [2.45, 2.75) is 37.6 Å². The van der Waals surface area contributed by atoms with E-state index in [2.05, 4.69) is 17.1 Å². The first-order chi connectivity index (χ1) is 16.2. The van der Waals surface area contributed by atoms with Crippen LogP contribution in [0.15, 0.2) is 29.2 Å². The monoisotopic (exact) mass is 506 g/mol. The topological polar surface area (TPSA) is 122 Å². The molecule has 0 aliphatic carbocycles. The number of amides is 2. The summed E-state index contributed by atoms with van der Waals surface area (Å²) in [5, 5.41) is 3.37. The number of fused-ring (bicyclic) bond motifs is 1. The highest BCUT2D eigenvalue weighted by Gasteiger charge is 2.35. The van der Waals surface area contributed by atoms with Crippen molar-refractivity contribution >= 4 is 38.2 Å². The zero-order valence-corrected chi connectivity index (χ0v) is 21.0.